The number of likely N-dealkylation sites (N-methyl/N-ethyl adjacent to an activating group) is 1. The molecule has 0 N–H and O–H groups in total. The number of benzene rings is 1. The summed E-state index contributed by atoms with van der Waals surface area (Å²) in [6.07, 6.45) is 0. The number of carbonyl (C=O) groups is 2. The summed E-state index contributed by atoms with van der Waals surface area (Å²) in [5, 5.41) is 0.701. The molecule has 0 spiro atoms. The van der Waals surface area contributed by atoms with Crippen LogP contribution in [0, 0.1) is 0 Å². The lowest BCUT2D eigenvalue weighted by Crippen LogP contribution is -2.50. The Bertz CT molecular complexity index is 780. The van der Waals surface area contributed by atoms with E-state index in [0.29, 0.717) is 24.7 Å². The number of nitrogens with zero attached hydrogens (tertiary/aromatic N) is 3. The topological polar surface area (TPSA) is 43.9 Å². The van der Waals surface area contributed by atoms with E-state index >= 15 is 0 Å². The minimum Gasteiger partial charge on any atom is -0.348 e. The van der Waals surface area contributed by atoms with Crippen molar-refractivity contribution in [1.29, 1.82) is 0 Å². The zero-order valence-electron chi connectivity index (χ0n) is 14.9. The Morgan fingerprint density at radius 2 is 1.69 bits per heavy atom. The van der Waals surface area contributed by atoms with Gasteiger partial charge in [0.15, 0.2) is 0 Å². The first kappa shape index (κ1) is 18.9. The molecule has 0 atom stereocenters. The molecule has 1 fully saturated rings. The molecular weight excluding hydrogens is 370 g/mol. The van der Waals surface area contributed by atoms with E-state index in [2.05, 4.69) is 4.90 Å². The Labute approximate surface area is 162 Å². The molecule has 1 aromatic carbocycles. The average molecular weight is 392 g/mol. The summed E-state index contributed by atoms with van der Waals surface area (Å²) in [5.41, 5.74) is 1.06. The van der Waals surface area contributed by atoms with E-state index in [9.17, 15) is 9.59 Å². The molecule has 3 rings (SSSR count). The number of halogens is 1. The second-order valence-electron chi connectivity index (χ2n) is 6.53. The van der Waals surface area contributed by atoms with Gasteiger partial charge in [-0.2, -0.15) is 0 Å². The lowest BCUT2D eigenvalue weighted by atomic mass is 10.2. The first-order valence-electron chi connectivity index (χ1n) is 8.51. The maximum Gasteiger partial charge on any atom is 0.264 e. The molecule has 0 bridgehead atoms. The number of hydrogen-bond acceptors (Lipinski definition) is 4. The molecule has 2 aromatic rings. The van der Waals surface area contributed by atoms with Gasteiger partial charge in [0.05, 0.1) is 11.4 Å². The number of thiophene rings is 1. The SMILES string of the molecule is CN(C)C(=O)CN1CCN(C(=O)c2ccc(-c3ccc(Cl)cc3)s2)CC1. The molecule has 0 radical (unpaired) electrons. The van der Waals surface area contributed by atoms with Crippen LogP contribution in [0.5, 0.6) is 0 Å². The molecule has 7 heteroatoms. The maximum atomic E-state index is 12.8. The van der Waals surface area contributed by atoms with Crippen molar-refractivity contribution in [3.63, 3.8) is 0 Å². The summed E-state index contributed by atoms with van der Waals surface area (Å²) < 4.78 is 0. The predicted molar refractivity (Wildman–Crippen MR) is 106 cm³/mol. The zero-order chi connectivity index (χ0) is 18.7. The highest BCUT2D eigenvalue weighted by Gasteiger charge is 2.24. The third-order valence-electron chi connectivity index (χ3n) is 4.46. The van der Waals surface area contributed by atoms with Gasteiger partial charge in [-0.05, 0) is 29.8 Å². The highest BCUT2D eigenvalue weighted by Crippen LogP contribution is 2.29. The fraction of sp³-hybridized carbons (Fsp3) is 0.368. The van der Waals surface area contributed by atoms with Crippen LogP contribution in [-0.2, 0) is 4.79 Å². The van der Waals surface area contributed by atoms with Gasteiger partial charge in [-0.3, -0.25) is 14.5 Å². The van der Waals surface area contributed by atoms with Gasteiger partial charge in [-0.15, -0.1) is 11.3 Å². The van der Waals surface area contributed by atoms with Crippen LogP contribution in [0.3, 0.4) is 0 Å². The number of rotatable bonds is 4. The van der Waals surface area contributed by atoms with Crippen LogP contribution in [-0.4, -0.2) is 73.3 Å². The smallest absolute Gasteiger partial charge is 0.264 e. The van der Waals surface area contributed by atoms with Crippen molar-refractivity contribution < 1.29 is 9.59 Å². The van der Waals surface area contributed by atoms with Gasteiger partial charge in [-0.25, -0.2) is 0 Å². The molecule has 1 aliphatic rings. The lowest BCUT2D eigenvalue weighted by molar-refractivity contribution is -0.130. The summed E-state index contributed by atoms with van der Waals surface area (Å²) in [6.45, 7) is 3.15. The van der Waals surface area contributed by atoms with Gasteiger partial charge in [0.25, 0.3) is 5.91 Å². The third-order valence-corrected chi connectivity index (χ3v) is 5.84. The second kappa shape index (κ2) is 8.20. The fourth-order valence-electron chi connectivity index (χ4n) is 2.82. The normalized spacial score (nSPS) is 15.1. The Hall–Kier alpha value is -1.89. The molecule has 1 aromatic heterocycles. The van der Waals surface area contributed by atoms with E-state index in [0.717, 1.165) is 28.4 Å². The highest BCUT2D eigenvalue weighted by molar-refractivity contribution is 7.17. The molecule has 1 saturated heterocycles. The van der Waals surface area contributed by atoms with Crippen molar-refractivity contribution in [2.45, 2.75) is 0 Å². The Morgan fingerprint density at radius 3 is 2.31 bits per heavy atom. The van der Waals surface area contributed by atoms with E-state index in [4.69, 9.17) is 11.6 Å². The van der Waals surface area contributed by atoms with Crippen molar-refractivity contribution in [2.75, 3.05) is 46.8 Å². The summed E-state index contributed by atoms with van der Waals surface area (Å²) in [5.74, 6) is 0.157. The van der Waals surface area contributed by atoms with Crippen molar-refractivity contribution >= 4 is 34.8 Å². The summed E-state index contributed by atoms with van der Waals surface area (Å²) in [7, 11) is 3.52. The Balaban J connectivity index is 1.59. The van der Waals surface area contributed by atoms with Crippen LogP contribution < -0.4 is 0 Å². The molecule has 26 heavy (non-hydrogen) atoms. The monoisotopic (exact) mass is 391 g/mol. The standard InChI is InChI=1S/C19H22ClN3O2S/c1-21(2)18(24)13-22-9-11-23(12-10-22)19(25)17-8-7-16(26-17)14-3-5-15(20)6-4-14/h3-8H,9-13H2,1-2H3. The van der Waals surface area contributed by atoms with E-state index in [1.807, 2.05) is 41.3 Å². The molecule has 0 unspecified atom stereocenters. The highest BCUT2D eigenvalue weighted by atomic mass is 35.5. The van der Waals surface area contributed by atoms with Crippen LogP contribution in [0.1, 0.15) is 9.67 Å². The first-order chi connectivity index (χ1) is 12.4. The van der Waals surface area contributed by atoms with Gasteiger partial charge in [0.2, 0.25) is 5.91 Å². The van der Waals surface area contributed by atoms with Crippen molar-refractivity contribution in [1.82, 2.24) is 14.7 Å². The van der Waals surface area contributed by atoms with Gasteiger partial charge in [-0.1, -0.05) is 23.7 Å². The van der Waals surface area contributed by atoms with Gasteiger partial charge in [0, 0.05) is 50.2 Å². The number of hydrogen-bond donors (Lipinski definition) is 0. The molecule has 2 heterocycles. The summed E-state index contributed by atoms with van der Waals surface area (Å²) in [4.78, 5) is 31.9. The van der Waals surface area contributed by atoms with E-state index < -0.39 is 0 Å². The molecule has 5 nitrogen and oxygen atoms in total. The molecule has 0 saturated carbocycles. The molecule has 138 valence electrons. The van der Waals surface area contributed by atoms with E-state index in [1.54, 1.807) is 19.0 Å². The Kier molecular flexibility index (Phi) is 5.96. The quantitative estimate of drug-likeness (QED) is 0.804. The third kappa shape index (κ3) is 4.44. The minimum absolute atomic E-state index is 0.0637. The first-order valence-corrected chi connectivity index (χ1v) is 9.71. The van der Waals surface area contributed by atoms with Crippen LogP contribution in [0.15, 0.2) is 36.4 Å². The summed E-state index contributed by atoms with van der Waals surface area (Å²) in [6, 6.07) is 11.5. The van der Waals surface area contributed by atoms with Crippen LogP contribution >= 0.6 is 22.9 Å². The van der Waals surface area contributed by atoms with Crippen molar-refractivity contribution in [2.24, 2.45) is 0 Å². The molecule has 2 amide bonds. The molecule has 1 aliphatic heterocycles. The van der Waals surface area contributed by atoms with Crippen LogP contribution in [0.4, 0.5) is 0 Å². The predicted octanol–water partition coefficient (Wildman–Crippen LogP) is 2.91. The number of piperazine rings is 1. The second-order valence-corrected chi connectivity index (χ2v) is 8.05. The van der Waals surface area contributed by atoms with Gasteiger partial charge < -0.3 is 9.80 Å². The van der Waals surface area contributed by atoms with Gasteiger partial charge in [0.1, 0.15) is 0 Å². The molecular formula is C19H22ClN3O2S. The fourth-order valence-corrected chi connectivity index (χ4v) is 3.93. The number of amides is 2. The summed E-state index contributed by atoms with van der Waals surface area (Å²) >= 11 is 7.43. The van der Waals surface area contributed by atoms with E-state index in [1.165, 1.54) is 11.3 Å². The average Bonchev–Trinajstić information content (AvgIpc) is 3.12. The Morgan fingerprint density at radius 1 is 1.04 bits per heavy atom. The lowest BCUT2D eigenvalue weighted by Gasteiger charge is -2.34. The van der Waals surface area contributed by atoms with E-state index in [-0.39, 0.29) is 11.8 Å². The minimum atomic E-state index is 0.0637. The largest absolute Gasteiger partial charge is 0.348 e. The zero-order valence-corrected chi connectivity index (χ0v) is 16.5. The van der Waals surface area contributed by atoms with Crippen LogP contribution in [0.2, 0.25) is 5.02 Å². The van der Waals surface area contributed by atoms with Crippen molar-refractivity contribution in [3.05, 3.63) is 46.3 Å². The number of carbonyl (C=O) groups excluding carboxylic acids is 2. The molecule has 0 aliphatic carbocycles. The van der Waals surface area contributed by atoms with Crippen molar-refractivity contribution in [3.8, 4) is 10.4 Å². The maximum absolute atomic E-state index is 12.8. The van der Waals surface area contributed by atoms with Gasteiger partial charge >= 0.3 is 0 Å². The van der Waals surface area contributed by atoms with Crippen LogP contribution in [0.25, 0.3) is 10.4 Å².